The third-order valence-electron chi connectivity index (χ3n) is 6.27. The Morgan fingerprint density at radius 2 is 1.62 bits per heavy atom. The number of amides is 2. The molecule has 214 valence electrons. The summed E-state index contributed by atoms with van der Waals surface area (Å²) in [7, 11) is -2.44. The minimum absolute atomic E-state index is 0.0154. The Morgan fingerprint density at radius 1 is 1.03 bits per heavy atom. The first kappa shape index (κ1) is 30.4. The van der Waals surface area contributed by atoms with Crippen molar-refractivity contribution < 1.29 is 49.1 Å². The summed E-state index contributed by atoms with van der Waals surface area (Å²) in [6, 6.07) is 5.77. The van der Waals surface area contributed by atoms with E-state index in [-0.39, 0.29) is 17.1 Å². The molecule has 8 nitrogen and oxygen atoms in total. The minimum atomic E-state index is -5.77. The van der Waals surface area contributed by atoms with Gasteiger partial charge in [-0.15, -0.1) is 0 Å². The maximum absolute atomic E-state index is 13.9. The number of nitrogens with one attached hydrogen (secondary N) is 2. The van der Waals surface area contributed by atoms with Gasteiger partial charge in [-0.2, -0.15) is 26.3 Å². The molecule has 0 saturated heterocycles. The average Bonchev–Trinajstić information content (AvgIpc) is 3.20. The number of carbonyl (C=O) groups excluding carboxylic acids is 2. The van der Waals surface area contributed by atoms with Crippen LogP contribution in [0.1, 0.15) is 29.7 Å². The quantitative estimate of drug-likeness (QED) is 0.364. The number of fused-ring (bicyclic) bond motifs is 1. The van der Waals surface area contributed by atoms with Crippen LogP contribution in [0.2, 0.25) is 0 Å². The third-order valence-corrected chi connectivity index (χ3v) is 7.38. The van der Waals surface area contributed by atoms with Gasteiger partial charge in [0.25, 0.3) is 5.91 Å². The van der Waals surface area contributed by atoms with Crippen molar-refractivity contribution in [3.05, 3.63) is 59.2 Å². The summed E-state index contributed by atoms with van der Waals surface area (Å²) in [5.41, 5.74) is -4.92. The van der Waals surface area contributed by atoms with Gasteiger partial charge in [0.05, 0.1) is 11.5 Å². The number of benzene rings is 2. The highest BCUT2D eigenvalue weighted by molar-refractivity contribution is 7.90. The van der Waals surface area contributed by atoms with E-state index in [2.05, 4.69) is 10.1 Å². The predicted molar refractivity (Wildman–Crippen MR) is 127 cm³/mol. The van der Waals surface area contributed by atoms with Crippen LogP contribution in [0.15, 0.2) is 47.4 Å². The number of sulfone groups is 1. The van der Waals surface area contributed by atoms with E-state index in [0.717, 1.165) is 25.5 Å². The van der Waals surface area contributed by atoms with Gasteiger partial charge in [-0.1, -0.05) is 18.2 Å². The third kappa shape index (κ3) is 5.89. The molecule has 2 N–H and O–H groups in total. The van der Waals surface area contributed by atoms with Crippen LogP contribution in [0.4, 0.5) is 32.0 Å². The molecule has 0 spiro atoms. The van der Waals surface area contributed by atoms with Crippen LogP contribution in [0.5, 0.6) is 0 Å². The highest BCUT2D eigenvalue weighted by atomic mass is 32.2. The van der Waals surface area contributed by atoms with Crippen molar-refractivity contribution in [3.8, 4) is 0 Å². The second-order valence-electron chi connectivity index (χ2n) is 8.91. The van der Waals surface area contributed by atoms with Crippen LogP contribution in [-0.4, -0.2) is 64.0 Å². The fourth-order valence-electron chi connectivity index (χ4n) is 4.38. The Bertz CT molecular complexity index is 1330. The zero-order valence-corrected chi connectivity index (χ0v) is 21.7. The van der Waals surface area contributed by atoms with E-state index in [9.17, 15) is 44.3 Å². The number of rotatable bonds is 8. The Kier molecular flexibility index (Phi) is 8.39. The first-order valence-corrected chi connectivity index (χ1v) is 13.2. The molecule has 0 radical (unpaired) electrons. The second-order valence-corrected chi connectivity index (χ2v) is 10.9. The van der Waals surface area contributed by atoms with Crippen molar-refractivity contribution in [2.75, 3.05) is 31.8 Å². The smallest absolute Gasteiger partial charge is 0.383 e. The van der Waals surface area contributed by atoms with Gasteiger partial charge in [0, 0.05) is 39.1 Å². The van der Waals surface area contributed by atoms with Gasteiger partial charge in [-0.3, -0.25) is 14.9 Å². The number of halogens is 6. The standard InChI is InChI=1S/C24H25F6N3O5S/c1-14(34)33-13-15-12-18(39(3,36)37)8-9-19(15)20(33)21(35)32-17-6-4-16(5-7-17)22(23(25,26)27,24(28,29)30)31-10-11-38-2/h4-9,12,20,31H,10-11,13H2,1-3H3,(H,32,35). The summed E-state index contributed by atoms with van der Waals surface area (Å²) < 4.78 is 112. The Balaban J connectivity index is 1.94. The largest absolute Gasteiger partial charge is 0.419 e. The van der Waals surface area contributed by atoms with E-state index in [1.807, 2.05) is 0 Å². The molecule has 2 aromatic carbocycles. The van der Waals surface area contributed by atoms with Crippen molar-refractivity contribution >= 4 is 27.3 Å². The lowest BCUT2D eigenvalue weighted by Gasteiger charge is -2.38. The zero-order valence-electron chi connectivity index (χ0n) is 20.9. The first-order valence-electron chi connectivity index (χ1n) is 11.3. The number of alkyl halides is 6. The van der Waals surface area contributed by atoms with Crippen LogP contribution in [0, 0.1) is 0 Å². The van der Waals surface area contributed by atoms with Crippen LogP contribution in [0.3, 0.4) is 0 Å². The lowest BCUT2D eigenvalue weighted by molar-refractivity contribution is -0.314. The fourth-order valence-corrected chi connectivity index (χ4v) is 5.05. The molecule has 0 aromatic heterocycles. The molecule has 1 unspecified atom stereocenters. The van der Waals surface area contributed by atoms with Crippen molar-refractivity contribution in [2.24, 2.45) is 0 Å². The number of nitrogens with zero attached hydrogens (tertiary/aromatic N) is 1. The van der Waals surface area contributed by atoms with Gasteiger partial charge in [0.15, 0.2) is 9.84 Å². The Morgan fingerprint density at radius 3 is 2.10 bits per heavy atom. The molecule has 1 aliphatic rings. The molecule has 0 bridgehead atoms. The van der Waals surface area contributed by atoms with Gasteiger partial charge < -0.3 is 15.0 Å². The summed E-state index contributed by atoms with van der Waals surface area (Å²) in [6.45, 7) is -0.0407. The highest BCUT2D eigenvalue weighted by Crippen LogP contribution is 2.50. The van der Waals surface area contributed by atoms with Crippen molar-refractivity contribution in [2.45, 2.75) is 42.3 Å². The van der Waals surface area contributed by atoms with E-state index in [4.69, 9.17) is 0 Å². The molecule has 3 rings (SSSR count). The molecule has 0 fully saturated rings. The van der Waals surface area contributed by atoms with Gasteiger partial charge in [0.1, 0.15) is 6.04 Å². The second kappa shape index (κ2) is 10.8. The van der Waals surface area contributed by atoms with Crippen LogP contribution < -0.4 is 10.6 Å². The van der Waals surface area contributed by atoms with E-state index in [1.165, 1.54) is 35.3 Å². The number of carbonyl (C=O) groups is 2. The van der Waals surface area contributed by atoms with Gasteiger partial charge >= 0.3 is 12.4 Å². The van der Waals surface area contributed by atoms with Gasteiger partial charge in [-0.25, -0.2) is 8.42 Å². The Hall–Kier alpha value is -3.17. The number of methoxy groups -OCH3 is 1. The molecule has 39 heavy (non-hydrogen) atoms. The topological polar surface area (TPSA) is 105 Å². The summed E-state index contributed by atoms with van der Waals surface area (Å²) in [6.07, 6.45) is -10.5. The minimum Gasteiger partial charge on any atom is -0.383 e. The fraction of sp³-hybridized carbons (Fsp3) is 0.417. The molecule has 2 amide bonds. The van der Waals surface area contributed by atoms with E-state index in [1.54, 1.807) is 0 Å². The number of hydrogen-bond donors (Lipinski definition) is 2. The molecule has 1 aliphatic heterocycles. The van der Waals surface area contributed by atoms with Crippen LogP contribution >= 0.6 is 0 Å². The molecule has 1 atom stereocenters. The maximum atomic E-state index is 13.9. The molecule has 2 aromatic rings. The number of anilines is 1. The Labute approximate surface area is 220 Å². The maximum Gasteiger partial charge on any atom is 0.419 e. The number of hydrogen-bond acceptors (Lipinski definition) is 6. The van der Waals surface area contributed by atoms with Gasteiger partial charge in [0.2, 0.25) is 11.4 Å². The predicted octanol–water partition coefficient (Wildman–Crippen LogP) is 3.69. The molecule has 15 heteroatoms. The van der Waals surface area contributed by atoms with Crippen LogP contribution in [0.25, 0.3) is 0 Å². The van der Waals surface area contributed by atoms with Crippen molar-refractivity contribution in [1.82, 2.24) is 10.2 Å². The lowest BCUT2D eigenvalue weighted by Crippen LogP contribution is -2.63. The number of ether oxygens (including phenoxy) is 1. The highest BCUT2D eigenvalue weighted by Gasteiger charge is 2.71. The lowest BCUT2D eigenvalue weighted by atomic mass is 9.87. The molecule has 0 aliphatic carbocycles. The summed E-state index contributed by atoms with van der Waals surface area (Å²) >= 11 is 0. The van der Waals surface area contributed by atoms with Gasteiger partial charge in [-0.05, 0) is 41.0 Å². The van der Waals surface area contributed by atoms with Crippen molar-refractivity contribution in [1.29, 1.82) is 0 Å². The molecule has 1 heterocycles. The molecule has 0 saturated carbocycles. The average molecular weight is 582 g/mol. The van der Waals surface area contributed by atoms with E-state index in [0.29, 0.717) is 23.3 Å². The molecular formula is C24H25F6N3O5S. The summed E-state index contributed by atoms with van der Waals surface area (Å²) in [5.74, 6) is -1.30. The monoisotopic (exact) mass is 581 g/mol. The molecular weight excluding hydrogens is 556 g/mol. The van der Waals surface area contributed by atoms with E-state index < -0.39 is 64.3 Å². The normalized spacial score (nSPS) is 16.2. The SMILES string of the molecule is COCCNC(c1ccc(NC(=O)C2c3ccc(S(C)(=O)=O)cc3CN2C(C)=O)cc1)(C(F)(F)F)C(F)(F)F. The first-order chi connectivity index (χ1) is 17.9. The van der Waals surface area contributed by atoms with E-state index >= 15 is 0 Å². The summed E-state index contributed by atoms with van der Waals surface area (Å²) in [4.78, 5) is 26.5. The zero-order chi connectivity index (χ0) is 29.4. The van der Waals surface area contributed by atoms with Crippen LogP contribution in [-0.2, 0) is 36.2 Å². The summed E-state index contributed by atoms with van der Waals surface area (Å²) in [5, 5.41) is 3.94. The van der Waals surface area contributed by atoms with Crippen molar-refractivity contribution in [3.63, 3.8) is 0 Å².